The van der Waals surface area contributed by atoms with Gasteiger partial charge in [0.1, 0.15) is 12.4 Å². The fraction of sp³-hybridized carbons (Fsp3) is 0.286. The largest absolute Gasteiger partial charge is 0.491 e. The van der Waals surface area contributed by atoms with E-state index in [9.17, 15) is 4.79 Å². The Morgan fingerprint density at radius 3 is 2.67 bits per heavy atom. The van der Waals surface area contributed by atoms with Gasteiger partial charge in [-0.3, -0.25) is 4.79 Å². The minimum Gasteiger partial charge on any atom is -0.491 e. The predicted octanol–water partition coefficient (Wildman–Crippen LogP) is 3.84. The Morgan fingerprint density at radius 2 is 1.83 bits per heavy atom. The third kappa shape index (κ3) is 3.57. The standard InChI is InChI=1S/C21H23NO2/c1-22(2)14-15-24-20-13-6-5-11-19(20)21(23)18-12-7-9-16-8-3-4-10-17(16)18/h3-6,8,10-13H,7,9,14-15H2,1-2H3. The number of ether oxygens (including phenoxy) is 1. The van der Waals surface area contributed by atoms with Crippen LogP contribution in [-0.2, 0) is 6.42 Å². The van der Waals surface area contributed by atoms with Crippen molar-refractivity contribution in [3.05, 3.63) is 71.3 Å². The third-order valence-electron chi connectivity index (χ3n) is 4.24. The number of hydrogen-bond donors (Lipinski definition) is 0. The molecule has 0 saturated heterocycles. The highest BCUT2D eigenvalue weighted by Crippen LogP contribution is 2.31. The van der Waals surface area contributed by atoms with Crippen LogP contribution in [0.3, 0.4) is 0 Å². The van der Waals surface area contributed by atoms with E-state index in [0.717, 1.165) is 30.5 Å². The molecule has 0 heterocycles. The summed E-state index contributed by atoms with van der Waals surface area (Å²) < 4.78 is 5.86. The van der Waals surface area contributed by atoms with Gasteiger partial charge in [0, 0.05) is 12.1 Å². The zero-order valence-corrected chi connectivity index (χ0v) is 14.3. The number of carbonyl (C=O) groups is 1. The molecule has 2 aromatic rings. The predicted molar refractivity (Wildman–Crippen MR) is 97.6 cm³/mol. The van der Waals surface area contributed by atoms with Crippen LogP contribution in [0, 0.1) is 0 Å². The maximum atomic E-state index is 13.1. The van der Waals surface area contributed by atoms with Crippen molar-refractivity contribution in [1.29, 1.82) is 0 Å². The van der Waals surface area contributed by atoms with E-state index in [1.807, 2.05) is 56.6 Å². The molecule has 0 aliphatic heterocycles. The van der Waals surface area contributed by atoms with Crippen molar-refractivity contribution < 1.29 is 9.53 Å². The van der Waals surface area contributed by atoms with Crippen molar-refractivity contribution >= 4 is 11.4 Å². The van der Waals surface area contributed by atoms with Crippen LogP contribution in [0.15, 0.2) is 54.6 Å². The van der Waals surface area contributed by atoms with Crippen LogP contribution in [-0.4, -0.2) is 37.9 Å². The van der Waals surface area contributed by atoms with Gasteiger partial charge in [-0.05, 0) is 50.2 Å². The summed E-state index contributed by atoms with van der Waals surface area (Å²) >= 11 is 0. The number of carbonyl (C=O) groups excluding carboxylic acids is 1. The molecule has 0 atom stereocenters. The number of likely N-dealkylation sites (N-methyl/N-ethyl adjacent to an activating group) is 1. The Balaban J connectivity index is 1.87. The summed E-state index contributed by atoms with van der Waals surface area (Å²) in [6.45, 7) is 1.38. The fourth-order valence-electron chi connectivity index (χ4n) is 2.96. The van der Waals surface area contributed by atoms with E-state index in [1.54, 1.807) is 0 Å². The zero-order chi connectivity index (χ0) is 16.9. The summed E-state index contributed by atoms with van der Waals surface area (Å²) in [6, 6.07) is 15.7. The van der Waals surface area contributed by atoms with Gasteiger partial charge in [0.2, 0.25) is 0 Å². The second kappa shape index (κ2) is 7.45. The normalized spacial score (nSPS) is 13.4. The first-order chi connectivity index (χ1) is 11.7. The first-order valence-corrected chi connectivity index (χ1v) is 8.36. The summed E-state index contributed by atoms with van der Waals surface area (Å²) in [5, 5.41) is 0. The zero-order valence-electron chi connectivity index (χ0n) is 14.3. The highest BCUT2D eigenvalue weighted by Gasteiger charge is 2.22. The summed E-state index contributed by atoms with van der Waals surface area (Å²) in [7, 11) is 4.01. The number of Topliss-reactive ketones (excluding diaryl/α,β-unsaturated/α-hetero) is 1. The van der Waals surface area contributed by atoms with Crippen molar-refractivity contribution in [1.82, 2.24) is 4.90 Å². The van der Waals surface area contributed by atoms with Gasteiger partial charge < -0.3 is 9.64 Å². The second-order valence-corrected chi connectivity index (χ2v) is 6.29. The van der Waals surface area contributed by atoms with Gasteiger partial charge in [-0.25, -0.2) is 0 Å². The Morgan fingerprint density at radius 1 is 1.08 bits per heavy atom. The van der Waals surface area contributed by atoms with Crippen molar-refractivity contribution in [3.63, 3.8) is 0 Å². The number of nitrogens with zero attached hydrogens (tertiary/aromatic N) is 1. The highest BCUT2D eigenvalue weighted by atomic mass is 16.5. The minimum atomic E-state index is 0.0441. The molecule has 0 N–H and O–H groups in total. The molecule has 0 radical (unpaired) electrons. The lowest BCUT2D eigenvalue weighted by Crippen LogP contribution is -2.20. The van der Waals surface area contributed by atoms with Crippen LogP contribution < -0.4 is 4.74 Å². The Hall–Kier alpha value is -2.39. The molecule has 3 rings (SSSR count). The molecule has 1 aliphatic rings. The SMILES string of the molecule is CN(C)CCOc1ccccc1C(=O)C1=CCCc2ccccc21. The van der Waals surface area contributed by atoms with E-state index < -0.39 is 0 Å². The van der Waals surface area contributed by atoms with Gasteiger partial charge in [-0.15, -0.1) is 0 Å². The monoisotopic (exact) mass is 321 g/mol. The topological polar surface area (TPSA) is 29.5 Å². The van der Waals surface area contributed by atoms with Crippen LogP contribution in [0.5, 0.6) is 5.75 Å². The molecule has 0 spiro atoms. The van der Waals surface area contributed by atoms with Gasteiger partial charge in [0.05, 0.1) is 5.56 Å². The van der Waals surface area contributed by atoms with E-state index in [0.29, 0.717) is 17.9 Å². The molecular formula is C21H23NO2. The van der Waals surface area contributed by atoms with Crippen molar-refractivity contribution in [2.45, 2.75) is 12.8 Å². The number of allylic oxidation sites excluding steroid dienone is 2. The number of hydrogen-bond acceptors (Lipinski definition) is 3. The van der Waals surface area contributed by atoms with Crippen LogP contribution in [0.4, 0.5) is 0 Å². The number of ketones is 1. The molecule has 0 unspecified atom stereocenters. The van der Waals surface area contributed by atoms with Crippen LogP contribution in [0.25, 0.3) is 5.57 Å². The lowest BCUT2D eigenvalue weighted by atomic mass is 9.86. The van der Waals surface area contributed by atoms with Crippen molar-refractivity contribution in [2.24, 2.45) is 0 Å². The van der Waals surface area contributed by atoms with Gasteiger partial charge in [0.25, 0.3) is 0 Å². The molecule has 0 amide bonds. The summed E-state index contributed by atoms with van der Waals surface area (Å²) in [4.78, 5) is 15.2. The van der Waals surface area contributed by atoms with E-state index in [-0.39, 0.29) is 5.78 Å². The molecular weight excluding hydrogens is 298 g/mol. The molecule has 0 aromatic heterocycles. The van der Waals surface area contributed by atoms with E-state index in [1.165, 1.54) is 5.56 Å². The van der Waals surface area contributed by atoms with Crippen LogP contribution in [0.1, 0.15) is 27.9 Å². The molecule has 0 saturated carbocycles. The second-order valence-electron chi connectivity index (χ2n) is 6.29. The quantitative estimate of drug-likeness (QED) is 0.757. The average molecular weight is 321 g/mol. The highest BCUT2D eigenvalue weighted by molar-refractivity contribution is 6.30. The van der Waals surface area contributed by atoms with Gasteiger partial charge in [0.15, 0.2) is 5.78 Å². The Bertz CT molecular complexity index is 762. The lowest BCUT2D eigenvalue weighted by molar-refractivity contribution is 0.105. The maximum absolute atomic E-state index is 13.1. The van der Waals surface area contributed by atoms with Gasteiger partial charge in [-0.2, -0.15) is 0 Å². The fourth-order valence-corrected chi connectivity index (χ4v) is 2.96. The molecule has 0 fully saturated rings. The van der Waals surface area contributed by atoms with Gasteiger partial charge >= 0.3 is 0 Å². The third-order valence-corrected chi connectivity index (χ3v) is 4.24. The van der Waals surface area contributed by atoms with E-state index >= 15 is 0 Å². The molecule has 124 valence electrons. The summed E-state index contributed by atoms with van der Waals surface area (Å²) in [6.07, 6.45) is 3.96. The smallest absolute Gasteiger partial charge is 0.197 e. The minimum absolute atomic E-state index is 0.0441. The lowest BCUT2D eigenvalue weighted by Gasteiger charge is -2.18. The summed E-state index contributed by atoms with van der Waals surface area (Å²) in [5.74, 6) is 0.705. The molecule has 24 heavy (non-hydrogen) atoms. The maximum Gasteiger partial charge on any atom is 0.197 e. The Labute approximate surface area is 143 Å². The summed E-state index contributed by atoms with van der Waals surface area (Å²) in [5.41, 5.74) is 3.73. The molecule has 1 aliphatic carbocycles. The van der Waals surface area contributed by atoms with Crippen LogP contribution >= 0.6 is 0 Å². The first-order valence-electron chi connectivity index (χ1n) is 8.36. The van der Waals surface area contributed by atoms with E-state index in [2.05, 4.69) is 17.0 Å². The molecule has 3 nitrogen and oxygen atoms in total. The number of benzene rings is 2. The first kappa shape index (κ1) is 16.5. The molecule has 0 bridgehead atoms. The van der Waals surface area contributed by atoms with Crippen molar-refractivity contribution in [3.8, 4) is 5.75 Å². The Kier molecular flexibility index (Phi) is 5.11. The average Bonchev–Trinajstić information content (AvgIpc) is 2.61. The molecule has 2 aromatic carbocycles. The number of rotatable bonds is 6. The van der Waals surface area contributed by atoms with E-state index in [4.69, 9.17) is 4.74 Å². The number of para-hydroxylation sites is 1. The molecule has 3 heteroatoms. The number of fused-ring (bicyclic) bond motifs is 1. The number of aryl methyl sites for hydroxylation is 1. The van der Waals surface area contributed by atoms with Crippen molar-refractivity contribution in [2.75, 3.05) is 27.2 Å². The van der Waals surface area contributed by atoms with Crippen LogP contribution in [0.2, 0.25) is 0 Å². The van der Waals surface area contributed by atoms with Gasteiger partial charge in [-0.1, -0.05) is 42.5 Å².